The zero-order valence-corrected chi connectivity index (χ0v) is 19.0. The summed E-state index contributed by atoms with van der Waals surface area (Å²) in [6.45, 7) is -1.01. The van der Waals surface area contributed by atoms with E-state index in [1.807, 2.05) is 0 Å². The summed E-state index contributed by atoms with van der Waals surface area (Å²) >= 11 is 0. The van der Waals surface area contributed by atoms with Gasteiger partial charge in [0.15, 0.2) is 18.1 Å². The molecule has 2 aromatic carbocycles. The molecule has 178 valence electrons. The number of hydrogen-bond acceptors (Lipinski definition) is 9. The van der Waals surface area contributed by atoms with E-state index in [-0.39, 0.29) is 17.1 Å². The van der Waals surface area contributed by atoms with Gasteiger partial charge in [-0.15, -0.1) is 0 Å². The molecule has 0 spiro atoms. The van der Waals surface area contributed by atoms with Gasteiger partial charge < -0.3 is 39.1 Å². The third-order valence-electron chi connectivity index (χ3n) is 4.37. The zero-order chi connectivity index (χ0) is 24.4. The molecular weight excluding hydrogens is 436 g/mol. The van der Waals surface area contributed by atoms with Crippen LogP contribution in [0.2, 0.25) is 0 Å². The summed E-state index contributed by atoms with van der Waals surface area (Å²) in [5, 5.41) is 4.98. The minimum atomic E-state index is -0.802. The first kappa shape index (κ1) is 25.1. The molecular formula is C22H26N2O9. The number of benzene rings is 2. The number of carbonyl (C=O) groups excluding carboxylic acids is 3. The maximum Gasteiger partial charge on any atom is 0.325 e. The molecule has 11 heteroatoms. The second-order valence-corrected chi connectivity index (χ2v) is 6.37. The molecule has 2 rings (SSSR count). The average Bonchev–Trinajstić information content (AvgIpc) is 2.84. The SMILES string of the molecule is COc1ccc(OC)c(NC(=O)COC(=O)CNC(=O)c2cc(OC)c(OC)c(OC)c2)c1. The number of anilines is 1. The molecule has 0 aliphatic rings. The van der Waals surface area contributed by atoms with Crippen molar-refractivity contribution in [2.75, 3.05) is 54.0 Å². The summed E-state index contributed by atoms with van der Waals surface area (Å²) in [6, 6.07) is 7.74. The molecule has 2 aromatic rings. The molecule has 0 atom stereocenters. The van der Waals surface area contributed by atoms with Crippen LogP contribution in [0.5, 0.6) is 28.7 Å². The van der Waals surface area contributed by atoms with Gasteiger partial charge in [-0.2, -0.15) is 0 Å². The fraction of sp³-hybridized carbons (Fsp3) is 0.318. The molecule has 0 saturated heterocycles. The molecule has 0 aliphatic carbocycles. The van der Waals surface area contributed by atoms with Gasteiger partial charge in [-0.3, -0.25) is 14.4 Å². The predicted molar refractivity (Wildman–Crippen MR) is 118 cm³/mol. The normalized spacial score (nSPS) is 9.97. The Balaban J connectivity index is 1.91. The van der Waals surface area contributed by atoms with Crippen LogP contribution in [0, 0.1) is 0 Å². The lowest BCUT2D eigenvalue weighted by molar-refractivity contribution is -0.146. The molecule has 2 amide bonds. The van der Waals surface area contributed by atoms with Crippen LogP contribution in [0.3, 0.4) is 0 Å². The van der Waals surface area contributed by atoms with E-state index in [1.165, 1.54) is 47.7 Å². The average molecular weight is 462 g/mol. The fourth-order valence-electron chi connectivity index (χ4n) is 2.76. The molecule has 0 aromatic heterocycles. The van der Waals surface area contributed by atoms with Gasteiger partial charge in [-0.05, 0) is 24.3 Å². The van der Waals surface area contributed by atoms with Crippen LogP contribution in [0.4, 0.5) is 5.69 Å². The largest absolute Gasteiger partial charge is 0.497 e. The van der Waals surface area contributed by atoms with Crippen molar-refractivity contribution in [1.29, 1.82) is 0 Å². The van der Waals surface area contributed by atoms with E-state index in [9.17, 15) is 14.4 Å². The Morgan fingerprint density at radius 2 is 1.42 bits per heavy atom. The molecule has 0 unspecified atom stereocenters. The number of methoxy groups -OCH3 is 5. The lowest BCUT2D eigenvalue weighted by Crippen LogP contribution is -2.32. The minimum Gasteiger partial charge on any atom is -0.497 e. The number of rotatable bonds is 11. The molecule has 0 heterocycles. The molecule has 0 saturated carbocycles. The number of hydrogen-bond donors (Lipinski definition) is 2. The van der Waals surface area contributed by atoms with E-state index in [2.05, 4.69) is 10.6 Å². The molecule has 0 aliphatic heterocycles. The standard InChI is InChI=1S/C22H26N2O9/c1-28-14-6-7-16(29-2)15(10-14)24-19(25)12-33-20(26)11-23-22(27)13-8-17(30-3)21(32-5)18(9-13)31-4/h6-10H,11-12H2,1-5H3,(H,23,27)(H,24,25). The zero-order valence-electron chi connectivity index (χ0n) is 19.0. The second-order valence-electron chi connectivity index (χ2n) is 6.37. The highest BCUT2D eigenvalue weighted by molar-refractivity contribution is 5.98. The number of amides is 2. The smallest absolute Gasteiger partial charge is 0.325 e. The summed E-state index contributed by atoms with van der Waals surface area (Å²) < 4.78 is 30.8. The van der Waals surface area contributed by atoms with Crippen LogP contribution in [-0.4, -0.2) is 66.5 Å². The van der Waals surface area contributed by atoms with Crippen molar-refractivity contribution in [1.82, 2.24) is 5.32 Å². The Morgan fingerprint density at radius 1 is 0.788 bits per heavy atom. The van der Waals surface area contributed by atoms with Crippen LogP contribution >= 0.6 is 0 Å². The van der Waals surface area contributed by atoms with Crippen molar-refractivity contribution in [2.24, 2.45) is 0 Å². The van der Waals surface area contributed by atoms with E-state index in [0.717, 1.165) is 0 Å². The van der Waals surface area contributed by atoms with Crippen LogP contribution in [0.25, 0.3) is 0 Å². The lowest BCUT2D eigenvalue weighted by atomic mass is 10.1. The van der Waals surface area contributed by atoms with Gasteiger partial charge in [0.2, 0.25) is 5.75 Å². The first-order valence-electron chi connectivity index (χ1n) is 9.62. The molecule has 0 fully saturated rings. The van der Waals surface area contributed by atoms with Crippen molar-refractivity contribution >= 4 is 23.5 Å². The number of nitrogens with one attached hydrogen (secondary N) is 2. The van der Waals surface area contributed by atoms with Crippen LogP contribution in [0.1, 0.15) is 10.4 Å². The van der Waals surface area contributed by atoms with Crippen LogP contribution < -0.4 is 34.3 Å². The molecule has 0 bridgehead atoms. The first-order valence-corrected chi connectivity index (χ1v) is 9.62. The maximum absolute atomic E-state index is 12.4. The number of esters is 1. The van der Waals surface area contributed by atoms with E-state index in [0.29, 0.717) is 22.9 Å². The Morgan fingerprint density at radius 3 is 1.97 bits per heavy atom. The van der Waals surface area contributed by atoms with Gasteiger partial charge in [0.1, 0.15) is 18.0 Å². The Kier molecular flexibility index (Phi) is 9.16. The second kappa shape index (κ2) is 12.0. The summed E-state index contributed by atoms with van der Waals surface area (Å²) in [4.78, 5) is 36.5. The quantitative estimate of drug-likeness (QED) is 0.479. The first-order chi connectivity index (χ1) is 15.9. The van der Waals surface area contributed by atoms with Gasteiger partial charge in [0.25, 0.3) is 11.8 Å². The van der Waals surface area contributed by atoms with Crippen LogP contribution in [-0.2, 0) is 14.3 Å². The summed E-state index contributed by atoms with van der Waals surface area (Å²) in [6.07, 6.45) is 0. The van der Waals surface area contributed by atoms with Gasteiger partial charge in [0.05, 0.1) is 41.2 Å². The topological polar surface area (TPSA) is 131 Å². The summed E-state index contributed by atoms with van der Waals surface area (Å²) in [5.41, 5.74) is 0.536. The van der Waals surface area contributed by atoms with E-state index in [4.69, 9.17) is 28.4 Å². The highest BCUT2D eigenvalue weighted by atomic mass is 16.5. The van der Waals surface area contributed by atoms with E-state index >= 15 is 0 Å². The fourth-order valence-corrected chi connectivity index (χ4v) is 2.76. The van der Waals surface area contributed by atoms with E-state index < -0.39 is 30.9 Å². The van der Waals surface area contributed by atoms with Gasteiger partial charge >= 0.3 is 5.97 Å². The molecule has 2 N–H and O–H groups in total. The Labute approximate surface area is 190 Å². The summed E-state index contributed by atoms with van der Waals surface area (Å²) in [7, 11) is 7.22. The van der Waals surface area contributed by atoms with Crippen molar-refractivity contribution in [3.05, 3.63) is 35.9 Å². The van der Waals surface area contributed by atoms with Crippen molar-refractivity contribution < 1.29 is 42.8 Å². The maximum atomic E-state index is 12.4. The third-order valence-corrected chi connectivity index (χ3v) is 4.37. The molecule has 0 radical (unpaired) electrons. The molecule has 11 nitrogen and oxygen atoms in total. The molecule has 33 heavy (non-hydrogen) atoms. The van der Waals surface area contributed by atoms with Crippen LogP contribution in [0.15, 0.2) is 30.3 Å². The van der Waals surface area contributed by atoms with Crippen molar-refractivity contribution in [2.45, 2.75) is 0 Å². The highest BCUT2D eigenvalue weighted by Gasteiger charge is 2.18. The Hall–Kier alpha value is -4.15. The van der Waals surface area contributed by atoms with E-state index in [1.54, 1.807) is 18.2 Å². The van der Waals surface area contributed by atoms with Crippen molar-refractivity contribution in [3.63, 3.8) is 0 Å². The van der Waals surface area contributed by atoms with Crippen molar-refractivity contribution in [3.8, 4) is 28.7 Å². The third kappa shape index (κ3) is 6.66. The number of carbonyl (C=O) groups is 3. The van der Waals surface area contributed by atoms with Gasteiger partial charge in [-0.25, -0.2) is 0 Å². The number of ether oxygens (including phenoxy) is 6. The lowest BCUT2D eigenvalue weighted by Gasteiger charge is -2.14. The monoisotopic (exact) mass is 462 g/mol. The van der Waals surface area contributed by atoms with Gasteiger partial charge in [-0.1, -0.05) is 0 Å². The Bertz CT molecular complexity index is 982. The van der Waals surface area contributed by atoms with Gasteiger partial charge in [0, 0.05) is 11.6 Å². The predicted octanol–water partition coefficient (Wildman–Crippen LogP) is 1.64. The minimum absolute atomic E-state index is 0.181. The summed E-state index contributed by atoms with van der Waals surface area (Å²) in [5.74, 6) is -0.144. The highest BCUT2D eigenvalue weighted by Crippen LogP contribution is 2.38.